The summed E-state index contributed by atoms with van der Waals surface area (Å²) in [5.74, 6) is -2.22. The molecule has 1 aliphatic heterocycles. The number of carbonyl (C=O) groups excluding carboxylic acids is 2. The molecule has 1 amide bonds. The minimum Gasteiger partial charge on any atom is -0.480 e. The van der Waals surface area contributed by atoms with Crippen LogP contribution in [0.5, 0.6) is 0 Å². The molecule has 1 heterocycles. The van der Waals surface area contributed by atoms with Gasteiger partial charge in [0.1, 0.15) is 6.04 Å². The molecule has 0 aliphatic carbocycles. The summed E-state index contributed by atoms with van der Waals surface area (Å²) in [6.07, 6.45) is 1.84. The standard InChI is InChI=1S/C13H22N2O5/c1-3-13(5-4-6-14-8-13)12(19)15-9(11(17)18)7-10(16)20-2/h9,14H,3-8H2,1-2H3,(H,15,19)(H,17,18)/t9-,13?/m0/s1. The van der Waals surface area contributed by atoms with Crippen molar-refractivity contribution in [3.05, 3.63) is 0 Å². The third-order valence-corrected chi connectivity index (χ3v) is 3.83. The van der Waals surface area contributed by atoms with Gasteiger partial charge < -0.3 is 20.5 Å². The zero-order valence-electron chi connectivity index (χ0n) is 11.9. The van der Waals surface area contributed by atoms with Crippen LogP contribution in [0.2, 0.25) is 0 Å². The Labute approximate surface area is 118 Å². The molecule has 0 saturated carbocycles. The van der Waals surface area contributed by atoms with Crippen molar-refractivity contribution in [2.75, 3.05) is 20.2 Å². The third kappa shape index (κ3) is 3.93. The van der Waals surface area contributed by atoms with E-state index < -0.39 is 23.4 Å². The molecule has 0 aromatic carbocycles. The van der Waals surface area contributed by atoms with Gasteiger partial charge in [-0.2, -0.15) is 0 Å². The van der Waals surface area contributed by atoms with Gasteiger partial charge in [-0.3, -0.25) is 9.59 Å². The number of ether oxygens (including phenoxy) is 1. The summed E-state index contributed by atoms with van der Waals surface area (Å²) in [4.78, 5) is 34.7. The fraction of sp³-hybridized carbons (Fsp3) is 0.769. The lowest BCUT2D eigenvalue weighted by Gasteiger charge is -2.36. The van der Waals surface area contributed by atoms with Crippen molar-refractivity contribution in [3.63, 3.8) is 0 Å². The predicted octanol–water partition coefficient (Wildman–Crippen LogP) is -0.101. The molecule has 1 rings (SSSR count). The van der Waals surface area contributed by atoms with Crippen molar-refractivity contribution < 1.29 is 24.2 Å². The van der Waals surface area contributed by atoms with E-state index in [0.29, 0.717) is 19.4 Å². The van der Waals surface area contributed by atoms with Gasteiger partial charge in [0.25, 0.3) is 0 Å². The van der Waals surface area contributed by atoms with E-state index in [-0.39, 0.29) is 12.3 Å². The molecular weight excluding hydrogens is 264 g/mol. The number of nitrogens with one attached hydrogen (secondary N) is 2. The molecule has 3 N–H and O–H groups in total. The molecule has 1 aliphatic rings. The molecule has 1 unspecified atom stereocenters. The summed E-state index contributed by atoms with van der Waals surface area (Å²) in [6.45, 7) is 3.29. The van der Waals surface area contributed by atoms with Crippen LogP contribution in [-0.4, -0.2) is 49.2 Å². The molecule has 0 aromatic heterocycles. The van der Waals surface area contributed by atoms with E-state index in [0.717, 1.165) is 13.0 Å². The van der Waals surface area contributed by atoms with Gasteiger partial charge in [-0.15, -0.1) is 0 Å². The Hall–Kier alpha value is -1.63. The molecule has 20 heavy (non-hydrogen) atoms. The van der Waals surface area contributed by atoms with E-state index in [4.69, 9.17) is 5.11 Å². The highest BCUT2D eigenvalue weighted by Crippen LogP contribution is 2.30. The first-order chi connectivity index (χ1) is 9.45. The normalized spacial score (nSPS) is 23.7. The van der Waals surface area contributed by atoms with Gasteiger partial charge in [0.2, 0.25) is 5.91 Å². The molecule has 0 spiro atoms. The van der Waals surface area contributed by atoms with Gasteiger partial charge in [-0.25, -0.2) is 4.79 Å². The topological polar surface area (TPSA) is 105 Å². The Morgan fingerprint density at radius 3 is 2.60 bits per heavy atom. The minimum absolute atomic E-state index is 0.316. The number of amides is 1. The van der Waals surface area contributed by atoms with Crippen LogP contribution < -0.4 is 10.6 Å². The van der Waals surface area contributed by atoms with Crippen LogP contribution in [0.15, 0.2) is 0 Å². The van der Waals surface area contributed by atoms with E-state index in [1.165, 1.54) is 7.11 Å². The lowest BCUT2D eigenvalue weighted by Crippen LogP contribution is -2.54. The van der Waals surface area contributed by atoms with Gasteiger partial charge >= 0.3 is 11.9 Å². The van der Waals surface area contributed by atoms with Crippen LogP contribution >= 0.6 is 0 Å². The van der Waals surface area contributed by atoms with Crippen LogP contribution in [-0.2, 0) is 19.1 Å². The van der Waals surface area contributed by atoms with Crippen LogP contribution in [0.4, 0.5) is 0 Å². The van der Waals surface area contributed by atoms with Crippen molar-refractivity contribution in [2.24, 2.45) is 5.41 Å². The SMILES string of the molecule is CCC1(C(=O)N[C@@H](CC(=O)OC)C(=O)O)CCCNC1. The molecule has 7 heteroatoms. The van der Waals surface area contributed by atoms with Crippen molar-refractivity contribution in [2.45, 2.75) is 38.6 Å². The zero-order chi connectivity index (χ0) is 15.2. The van der Waals surface area contributed by atoms with Crippen molar-refractivity contribution in [1.29, 1.82) is 0 Å². The number of hydrogen-bond donors (Lipinski definition) is 3. The van der Waals surface area contributed by atoms with Gasteiger partial charge in [0.15, 0.2) is 0 Å². The number of carboxylic acids is 1. The molecular formula is C13H22N2O5. The highest BCUT2D eigenvalue weighted by atomic mass is 16.5. The Bertz CT molecular complexity index is 377. The van der Waals surface area contributed by atoms with Crippen LogP contribution in [0.1, 0.15) is 32.6 Å². The maximum absolute atomic E-state index is 12.4. The maximum atomic E-state index is 12.4. The van der Waals surface area contributed by atoms with E-state index in [1.807, 2.05) is 6.92 Å². The average molecular weight is 286 g/mol. The predicted molar refractivity (Wildman–Crippen MR) is 71.0 cm³/mol. The summed E-state index contributed by atoms with van der Waals surface area (Å²) in [6, 6.07) is -1.25. The summed E-state index contributed by atoms with van der Waals surface area (Å²) in [5.41, 5.74) is -0.595. The third-order valence-electron chi connectivity index (χ3n) is 3.83. The van der Waals surface area contributed by atoms with Crippen molar-refractivity contribution >= 4 is 17.8 Å². The van der Waals surface area contributed by atoms with Crippen molar-refractivity contribution in [1.82, 2.24) is 10.6 Å². The lowest BCUT2D eigenvalue weighted by atomic mass is 9.77. The van der Waals surface area contributed by atoms with E-state index in [1.54, 1.807) is 0 Å². The van der Waals surface area contributed by atoms with Crippen molar-refractivity contribution in [3.8, 4) is 0 Å². The second kappa shape index (κ2) is 7.23. The number of hydrogen-bond acceptors (Lipinski definition) is 5. The number of aliphatic carboxylic acids is 1. The lowest BCUT2D eigenvalue weighted by molar-refractivity contribution is -0.150. The molecule has 1 saturated heterocycles. The summed E-state index contributed by atoms with van der Waals surface area (Å²) in [7, 11) is 1.18. The van der Waals surface area contributed by atoms with E-state index in [9.17, 15) is 14.4 Å². The monoisotopic (exact) mass is 286 g/mol. The Morgan fingerprint density at radius 2 is 2.15 bits per heavy atom. The highest BCUT2D eigenvalue weighted by Gasteiger charge is 2.39. The molecule has 114 valence electrons. The molecule has 2 atom stereocenters. The van der Waals surface area contributed by atoms with Gasteiger partial charge in [-0.1, -0.05) is 6.92 Å². The summed E-state index contributed by atoms with van der Waals surface area (Å²) in [5, 5.41) is 14.7. The smallest absolute Gasteiger partial charge is 0.326 e. The molecule has 0 radical (unpaired) electrons. The largest absolute Gasteiger partial charge is 0.480 e. The zero-order valence-corrected chi connectivity index (χ0v) is 11.9. The van der Waals surface area contributed by atoms with Crippen LogP contribution in [0, 0.1) is 5.41 Å². The van der Waals surface area contributed by atoms with Crippen LogP contribution in [0.3, 0.4) is 0 Å². The molecule has 0 aromatic rings. The minimum atomic E-state index is -1.25. The quantitative estimate of drug-likeness (QED) is 0.589. The first kappa shape index (κ1) is 16.4. The Kier molecular flexibility index (Phi) is 5.94. The number of esters is 1. The molecule has 1 fully saturated rings. The first-order valence-corrected chi connectivity index (χ1v) is 6.76. The van der Waals surface area contributed by atoms with E-state index in [2.05, 4.69) is 15.4 Å². The highest BCUT2D eigenvalue weighted by molar-refractivity contribution is 5.90. The average Bonchev–Trinajstić information content (AvgIpc) is 2.46. The summed E-state index contributed by atoms with van der Waals surface area (Å²) < 4.78 is 4.44. The number of rotatable bonds is 6. The number of methoxy groups -OCH3 is 1. The molecule has 0 bridgehead atoms. The fourth-order valence-electron chi connectivity index (χ4n) is 2.39. The van der Waals surface area contributed by atoms with E-state index >= 15 is 0 Å². The Morgan fingerprint density at radius 1 is 1.45 bits per heavy atom. The Balaban J connectivity index is 2.73. The fourth-order valence-corrected chi connectivity index (χ4v) is 2.39. The van der Waals surface area contributed by atoms with Gasteiger partial charge in [0, 0.05) is 6.54 Å². The maximum Gasteiger partial charge on any atom is 0.326 e. The molecule has 7 nitrogen and oxygen atoms in total. The second-order valence-electron chi connectivity index (χ2n) is 5.06. The number of carbonyl (C=O) groups is 3. The second-order valence-corrected chi connectivity index (χ2v) is 5.06. The van der Waals surface area contributed by atoms with Gasteiger partial charge in [-0.05, 0) is 25.8 Å². The summed E-state index contributed by atoms with van der Waals surface area (Å²) >= 11 is 0. The van der Waals surface area contributed by atoms with Gasteiger partial charge in [0.05, 0.1) is 18.9 Å². The number of carboxylic acid groups (broad SMARTS) is 1. The number of piperidine rings is 1. The first-order valence-electron chi connectivity index (χ1n) is 6.76. The van der Waals surface area contributed by atoms with Crippen LogP contribution in [0.25, 0.3) is 0 Å².